The van der Waals surface area contributed by atoms with Crippen molar-refractivity contribution in [1.29, 1.82) is 0 Å². The van der Waals surface area contributed by atoms with Crippen LogP contribution in [0.4, 0.5) is 0 Å². The molecule has 0 spiro atoms. The number of ether oxygens (including phenoxy) is 3. The molecule has 2 N–H and O–H groups in total. The van der Waals surface area contributed by atoms with Crippen LogP contribution in [0.15, 0.2) is 71.1 Å². The van der Waals surface area contributed by atoms with Crippen LogP contribution in [-0.4, -0.2) is 42.3 Å². The number of Topliss-reactive ketones (excluding diaryl/α,β-unsaturated/α-hetero) is 1. The number of aromatic hydroxyl groups is 1. The number of ketones is 1. The molecule has 1 aliphatic carbocycles. The first-order valence-corrected chi connectivity index (χ1v) is 13.4. The van der Waals surface area contributed by atoms with E-state index in [2.05, 4.69) is 5.32 Å². The zero-order valence-electron chi connectivity index (χ0n) is 21.7. The summed E-state index contributed by atoms with van der Waals surface area (Å²) in [4.78, 5) is 27.6. The Bertz CT molecular complexity index is 1330. The summed E-state index contributed by atoms with van der Waals surface area (Å²) in [7, 11) is 1.64. The predicted octanol–water partition coefficient (Wildman–Crippen LogP) is 5.02. The van der Waals surface area contributed by atoms with Crippen LogP contribution in [0.5, 0.6) is 11.5 Å². The molecule has 7 nitrogen and oxygen atoms in total. The molecule has 0 aromatic heterocycles. The molecule has 2 unspecified atom stereocenters. The third-order valence-corrected chi connectivity index (χ3v) is 8.35. The van der Waals surface area contributed by atoms with Gasteiger partial charge in [0.05, 0.1) is 24.9 Å². The number of para-hydroxylation sites is 1. The van der Waals surface area contributed by atoms with Crippen molar-refractivity contribution in [1.82, 2.24) is 5.32 Å². The number of phenols is 1. The average Bonchev–Trinajstić information content (AvgIpc) is 3.25. The predicted molar refractivity (Wildman–Crippen MR) is 141 cm³/mol. The second-order valence-corrected chi connectivity index (χ2v) is 10.8. The number of benzene rings is 2. The van der Waals surface area contributed by atoms with Gasteiger partial charge in [0.25, 0.3) is 0 Å². The molecule has 6 rings (SSSR count). The van der Waals surface area contributed by atoms with Gasteiger partial charge >= 0.3 is 5.97 Å². The van der Waals surface area contributed by atoms with E-state index in [1.54, 1.807) is 25.3 Å². The van der Waals surface area contributed by atoms with Crippen molar-refractivity contribution in [2.45, 2.75) is 75.6 Å². The summed E-state index contributed by atoms with van der Waals surface area (Å²) in [6.07, 6.45) is 4.42. The van der Waals surface area contributed by atoms with E-state index in [0.717, 1.165) is 29.9 Å². The number of hydrogen-bond acceptors (Lipinski definition) is 7. The SMILES string of the molecule is COc1ccccc1[C@H]1CC(=O)C2=C(C1)NC(C)=C(C(=O)OC1CC3CCC(C1)O3)[C@H]2c1cccc(O)c1. The lowest BCUT2D eigenvalue weighted by Crippen LogP contribution is -2.38. The minimum Gasteiger partial charge on any atom is -0.508 e. The quantitative estimate of drug-likeness (QED) is 0.541. The number of nitrogens with one attached hydrogen (secondary N) is 1. The molecule has 4 atom stereocenters. The number of hydrogen-bond donors (Lipinski definition) is 2. The van der Waals surface area contributed by atoms with Gasteiger partial charge in [-0.3, -0.25) is 4.79 Å². The summed E-state index contributed by atoms with van der Waals surface area (Å²) in [5, 5.41) is 13.7. The molecule has 3 heterocycles. The van der Waals surface area contributed by atoms with E-state index in [1.165, 1.54) is 0 Å². The van der Waals surface area contributed by atoms with Gasteiger partial charge in [-0.05, 0) is 55.5 Å². The van der Waals surface area contributed by atoms with Crippen LogP contribution in [0.2, 0.25) is 0 Å². The van der Waals surface area contributed by atoms with Crippen LogP contribution < -0.4 is 10.1 Å². The molecule has 2 bridgehead atoms. The fourth-order valence-electron chi connectivity index (χ4n) is 6.69. The zero-order valence-corrected chi connectivity index (χ0v) is 21.7. The standard InChI is InChI=1S/C31H33NO6/c1-17-28(31(35)38-23-15-21-10-11-22(16-23)37-21)29(18-6-5-7-20(33)12-18)30-25(32-17)13-19(14-26(30)34)24-8-3-4-9-27(24)36-2/h3-9,12,19,21-23,29,32-33H,10-11,13-16H2,1-2H3/t19-,21?,22?,23?,29-/m1/s1. The van der Waals surface area contributed by atoms with E-state index in [-0.39, 0.29) is 35.8 Å². The topological polar surface area (TPSA) is 94.1 Å². The first-order valence-electron chi connectivity index (χ1n) is 13.4. The number of rotatable bonds is 5. The van der Waals surface area contributed by atoms with Crippen molar-refractivity contribution in [3.63, 3.8) is 0 Å². The highest BCUT2D eigenvalue weighted by molar-refractivity contribution is 6.04. The maximum Gasteiger partial charge on any atom is 0.337 e. The molecular formula is C31H33NO6. The number of carbonyl (C=O) groups excluding carboxylic acids is 2. The van der Waals surface area contributed by atoms with E-state index >= 15 is 0 Å². The molecule has 2 saturated heterocycles. The number of methoxy groups -OCH3 is 1. The molecular weight excluding hydrogens is 482 g/mol. The summed E-state index contributed by atoms with van der Waals surface area (Å²) in [6, 6.07) is 14.6. The summed E-state index contributed by atoms with van der Waals surface area (Å²) < 4.78 is 17.6. The van der Waals surface area contributed by atoms with Crippen LogP contribution in [-0.2, 0) is 19.1 Å². The number of allylic oxidation sites excluding steroid dienone is 3. The first kappa shape index (κ1) is 24.7. The number of esters is 1. The molecule has 0 saturated carbocycles. The monoisotopic (exact) mass is 515 g/mol. The van der Waals surface area contributed by atoms with Crippen molar-refractivity contribution < 1.29 is 28.9 Å². The van der Waals surface area contributed by atoms with E-state index in [9.17, 15) is 14.7 Å². The molecule has 198 valence electrons. The minimum absolute atomic E-state index is 0.0232. The fourth-order valence-corrected chi connectivity index (χ4v) is 6.69. The Kier molecular flexibility index (Phi) is 6.48. The van der Waals surface area contributed by atoms with Gasteiger partial charge in [-0.25, -0.2) is 4.79 Å². The Hall–Kier alpha value is -3.58. The van der Waals surface area contributed by atoms with Gasteiger partial charge in [0.1, 0.15) is 17.6 Å². The maximum absolute atomic E-state index is 13.8. The fraction of sp³-hybridized carbons (Fsp3) is 0.419. The van der Waals surface area contributed by atoms with Crippen LogP contribution in [0.25, 0.3) is 0 Å². The average molecular weight is 516 g/mol. The van der Waals surface area contributed by atoms with E-state index in [4.69, 9.17) is 14.2 Å². The number of dihydropyridines is 1. The summed E-state index contributed by atoms with van der Waals surface area (Å²) in [6.45, 7) is 1.86. The smallest absolute Gasteiger partial charge is 0.337 e. The molecule has 0 amide bonds. The first-order chi connectivity index (χ1) is 18.4. The molecule has 38 heavy (non-hydrogen) atoms. The van der Waals surface area contributed by atoms with Gasteiger partial charge < -0.3 is 24.6 Å². The number of phenolic OH excluding ortho intramolecular Hbond substituents is 1. The summed E-state index contributed by atoms with van der Waals surface area (Å²) in [5.74, 6) is -0.255. The Morgan fingerprint density at radius 2 is 1.82 bits per heavy atom. The van der Waals surface area contributed by atoms with Crippen molar-refractivity contribution in [2.24, 2.45) is 0 Å². The summed E-state index contributed by atoms with van der Waals surface area (Å²) >= 11 is 0. The highest BCUT2D eigenvalue weighted by Crippen LogP contribution is 2.47. The van der Waals surface area contributed by atoms with Gasteiger partial charge in [0, 0.05) is 48.1 Å². The molecule has 3 aliphatic heterocycles. The maximum atomic E-state index is 13.8. The normalized spacial score (nSPS) is 28.6. The van der Waals surface area contributed by atoms with E-state index < -0.39 is 11.9 Å². The Balaban J connectivity index is 1.36. The second-order valence-electron chi connectivity index (χ2n) is 10.8. The molecule has 2 aromatic carbocycles. The van der Waals surface area contributed by atoms with E-state index in [0.29, 0.717) is 48.1 Å². The van der Waals surface area contributed by atoms with E-state index in [1.807, 2.05) is 37.3 Å². The summed E-state index contributed by atoms with van der Waals surface area (Å²) in [5.41, 5.74) is 4.17. The molecule has 2 fully saturated rings. The minimum atomic E-state index is -0.617. The van der Waals surface area contributed by atoms with Crippen LogP contribution in [0.3, 0.4) is 0 Å². The highest BCUT2D eigenvalue weighted by atomic mass is 16.6. The second kappa shape index (κ2) is 9.95. The Labute approximate surface area is 222 Å². The number of carbonyl (C=O) groups is 2. The highest BCUT2D eigenvalue weighted by Gasteiger charge is 2.43. The van der Waals surface area contributed by atoms with Crippen molar-refractivity contribution in [2.75, 3.05) is 7.11 Å². The lowest BCUT2D eigenvalue weighted by atomic mass is 9.71. The largest absolute Gasteiger partial charge is 0.508 e. The Morgan fingerprint density at radius 3 is 2.55 bits per heavy atom. The van der Waals surface area contributed by atoms with Crippen molar-refractivity contribution in [3.8, 4) is 11.5 Å². The number of fused-ring (bicyclic) bond motifs is 2. The third-order valence-electron chi connectivity index (χ3n) is 8.35. The van der Waals surface area contributed by atoms with Gasteiger partial charge in [0.15, 0.2) is 5.78 Å². The lowest BCUT2D eigenvalue weighted by Gasteiger charge is -2.37. The third kappa shape index (κ3) is 4.49. The molecule has 7 heteroatoms. The lowest BCUT2D eigenvalue weighted by molar-refractivity contribution is -0.152. The van der Waals surface area contributed by atoms with Gasteiger partial charge in [-0.1, -0.05) is 30.3 Å². The van der Waals surface area contributed by atoms with Crippen LogP contribution in [0.1, 0.15) is 68.4 Å². The molecule has 4 aliphatic rings. The van der Waals surface area contributed by atoms with Crippen molar-refractivity contribution >= 4 is 11.8 Å². The zero-order chi connectivity index (χ0) is 26.4. The van der Waals surface area contributed by atoms with Crippen molar-refractivity contribution in [3.05, 3.63) is 82.2 Å². The van der Waals surface area contributed by atoms with Crippen LogP contribution >= 0.6 is 0 Å². The van der Waals surface area contributed by atoms with Gasteiger partial charge in [0.2, 0.25) is 0 Å². The van der Waals surface area contributed by atoms with Crippen LogP contribution in [0, 0.1) is 0 Å². The van der Waals surface area contributed by atoms with Gasteiger partial charge in [-0.15, -0.1) is 0 Å². The molecule has 2 aromatic rings. The molecule has 0 radical (unpaired) electrons. The van der Waals surface area contributed by atoms with Gasteiger partial charge in [-0.2, -0.15) is 0 Å². The Morgan fingerprint density at radius 1 is 1.05 bits per heavy atom.